The van der Waals surface area contributed by atoms with Crippen LogP contribution in [0.15, 0.2) is 0 Å². The predicted octanol–water partition coefficient (Wildman–Crippen LogP) is 5.11. The molecule has 1 atom stereocenters. The molecule has 0 N–H and O–H groups in total. The van der Waals surface area contributed by atoms with Gasteiger partial charge in [0.1, 0.15) is 0 Å². The molecule has 1 saturated carbocycles. The molecule has 1 aliphatic heterocycles. The van der Waals surface area contributed by atoms with Crippen molar-refractivity contribution in [2.75, 3.05) is 0 Å². The van der Waals surface area contributed by atoms with Gasteiger partial charge in [-0.1, -0.05) is 44.9 Å². The van der Waals surface area contributed by atoms with Gasteiger partial charge in [0, 0.05) is 6.42 Å². The first kappa shape index (κ1) is 17.8. The van der Waals surface area contributed by atoms with Crippen LogP contribution in [-0.2, 0) is 9.31 Å². The zero-order valence-electron chi connectivity index (χ0n) is 14.9. The molecule has 0 aromatic rings. The van der Waals surface area contributed by atoms with E-state index < -0.39 is 0 Å². The Balaban J connectivity index is 2.02. The van der Waals surface area contributed by atoms with Crippen LogP contribution in [0.25, 0.3) is 0 Å². The topological polar surface area (TPSA) is 42.2 Å². The van der Waals surface area contributed by atoms with Gasteiger partial charge in [-0.25, -0.2) is 0 Å². The summed E-state index contributed by atoms with van der Waals surface area (Å²) in [5.41, 5.74) is -0.478. The first-order chi connectivity index (χ1) is 10.4. The first-order valence-electron chi connectivity index (χ1n) is 9.10. The van der Waals surface area contributed by atoms with Crippen molar-refractivity contribution in [2.45, 2.75) is 103 Å². The standard InChI is InChI=1S/C18H32BNO2/c1-17(2)18(3,4)22-19(21-17)16(13-9-6-10-14-20)15-11-7-5-8-12-15/h15-16H,5-13H2,1-4H3. The van der Waals surface area contributed by atoms with Crippen LogP contribution < -0.4 is 0 Å². The molecule has 2 aliphatic rings. The minimum Gasteiger partial charge on any atom is -0.403 e. The van der Waals surface area contributed by atoms with Crippen molar-refractivity contribution in [2.24, 2.45) is 5.92 Å². The molecule has 0 radical (unpaired) electrons. The van der Waals surface area contributed by atoms with E-state index in [2.05, 4.69) is 33.8 Å². The van der Waals surface area contributed by atoms with Crippen molar-refractivity contribution in [3.63, 3.8) is 0 Å². The average Bonchev–Trinajstić information content (AvgIpc) is 2.68. The smallest absolute Gasteiger partial charge is 0.403 e. The Labute approximate surface area is 136 Å². The van der Waals surface area contributed by atoms with Crippen LogP contribution in [0.2, 0.25) is 5.82 Å². The summed E-state index contributed by atoms with van der Waals surface area (Å²) in [7, 11) is -0.0739. The average molecular weight is 305 g/mol. The zero-order chi connectivity index (χ0) is 16.2. The molecule has 3 nitrogen and oxygen atoms in total. The van der Waals surface area contributed by atoms with Gasteiger partial charge < -0.3 is 9.31 Å². The van der Waals surface area contributed by atoms with Crippen LogP contribution in [0.1, 0.15) is 85.5 Å². The molecular weight excluding hydrogens is 273 g/mol. The molecule has 124 valence electrons. The van der Waals surface area contributed by atoms with Crippen LogP contribution in [0.5, 0.6) is 0 Å². The van der Waals surface area contributed by atoms with Crippen LogP contribution in [-0.4, -0.2) is 18.3 Å². The lowest BCUT2D eigenvalue weighted by Gasteiger charge is -2.32. The fourth-order valence-corrected chi connectivity index (χ4v) is 3.80. The van der Waals surface area contributed by atoms with Gasteiger partial charge in [0.05, 0.1) is 17.3 Å². The van der Waals surface area contributed by atoms with Crippen LogP contribution in [0.3, 0.4) is 0 Å². The number of rotatable bonds is 6. The fourth-order valence-electron chi connectivity index (χ4n) is 3.80. The second kappa shape index (κ2) is 7.36. The maximum absolute atomic E-state index is 8.73. The third-order valence-electron chi connectivity index (χ3n) is 5.95. The normalized spacial score (nSPS) is 25.9. The highest BCUT2D eigenvalue weighted by Gasteiger charge is 2.54. The van der Waals surface area contributed by atoms with E-state index in [1.165, 1.54) is 32.1 Å². The van der Waals surface area contributed by atoms with E-state index in [9.17, 15) is 0 Å². The van der Waals surface area contributed by atoms with Crippen molar-refractivity contribution in [3.8, 4) is 6.07 Å². The lowest BCUT2D eigenvalue weighted by molar-refractivity contribution is 0.00578. The second-order valence-corrected chi connectivity index (χ2v) is 8.09. The van der Waals surface area contributed by atoms with Gasteiger partial charge in [0.2, 0.25) is 0 Å². The fraction of sp³-hybridized carbons (Fsp3) is 0.944. The van der Waals surface area contributed by atoms with Gasteiger partial charge in [0.15, 0.2) is 0 Å². The molecule has 1 aliphatic carbocycles. The zero-order valence-corrected chi connectivity index (χ0v) is 14.9. The molecule has 2 rings (SSSR count). The van der Waals surface area contributed by atoms with E-state index in [-0.39, 0.29) is 18.3 Å². The van der Waals surface area contributed by atoms with Crippen LogP contribution in [0, 0.1) is 17.2 Å². The summed E-state index contributed by atoms with van der Waals surface area (Å²) in [5.74, 6) is 1.21. The van der Waals surface area contributed by atoms with Gasteiger partial charge in [-0.2, -0.15) is 5.26 Å². The quantitative estimate of drug-likeness (QED) is 0.505. The Morgan fingerprint density at radius 2 is 1.64 bits per heavy atom. The number of nitriles is 1. The van der Waals surface area contributed by atoms with Crippen molar-refractivity contribution in [1.29, 1.82) is 5.26 Å². The van der Waals surface area contributed by atoms with Gasteiger partial charge >= 0.3 is 7.12 Å². The van der Waals surface area contributed by atoms with Crippen molar-refractivity contribution in [1.82, 2.24) is 0 Å². The Bertz CT molecular complexity index is 380. The molecule has 1 heterocycles. The molecule has 0 aromatic heterocycles. The molecule has 2 fully saturated rings. The van der Waals surface area contributed by atoms with E-state index in [1.54, 1.807) is 0 Å². The maximum Gasteiger partial charge on any atom is 0.461 e. The third-order valence-corrected chi connectivity index (χ3v) is 5.95. The second-order valence-electron chi connectivity index (χ2n) is 8.09. The molecule has 22 heavy (non-hydrogen) atoms. The van der Waals surface area contributed by atoms with Crippen LogP contribution >= 0.6 is 0 Å². The highest BCUT2D eigenvalue weighted by Crippen LogP contribution is 2.46. The Hall–Kier alpha value is -0.525. The summed E-state index contributed by atoms with van der Waals surface area (Å²) < 4.78 is 12.7. The van der Waals surface area contributed by atoms with Crippen molar-refractivity contribution >= 4 is 7.12 Å². The summed E-state index contributed by atoms with van der Waals surface area (Å²) in [5, 5.41) is 8.73. The molecular formula is C18H32BNO2. The number of hydrogen-bond donors (Lipinski definition) is 0. The van der Waals surface area contributed by atoms with E-state index in [0.717, 1.165) is 25.2 Å². The minimum absolute atomic E-state index is 0.0739. The minimum atomic E-state index is -0.239. The Kier molecular flexibility index (Phi) is 5.97. The van der Waals surface area contributed by atoms with Gasteiger partial charge in [-0.05, 0) is 45.9 Å². The van der Waals surface area contributed by atoms with E-state index in [0.29, 0.717) is 12.2 Å². The molecule has 0 amide bonds. The summed E-state index contributed by atoms with van der Waals surface area (Å²) in [6.07, 6.45) is 10.6. The summed E-state index contributed by atoms with van der Waals surface area (Å²) in [6, 6.07) is 2.25. The summed E-state index contributed by atoms with van der Waals surface area (Å²) in [6.45, 7) is 8.56. The number of unbranched alkanes of at least 4 members (excludes halogenated alkanes) is 2. The summed E-state index contributed by atoms with van der Waals surface area (Å²) >= 11 is 0. The first-order valence-corrected chi connectivity index (χ1v) is 9.10. The van der Waals surface area contributed by atoms with E-state index in [1.807, 2.05) is 0 Å². The van der Waals surface area contributed by atoms with Gasteiger partial charge in [0.25, 0.3) is 0 Å². The van der Waals surface area contributed by atoms with E-state index >= 15 is 0 Å². The highest BCUT2D eigenvalue weighted by atomic mass is 16.7. The third kappa shape index (κ3) is 4.06. The molecule has 1 unspecified atom stereocenters. The lowest BCUT2D eigenvalue weighted by Crippen LogP contribution is -2.41. The molecule has 0 aromatic carbocycles. The van der Waals surface area contributed by atoms with Gasteiger partial charge in [-0.15, -0.1) is 0 Å². The predicted molar refractivity (Wildman–Crippen MR) is 90.5 cm³/mol. The molecule has 1 saturated heterocycles. The van der Waals surface area contributed by atoms with Crippen LogP contribution in [0.4, 0.5) is 0 Å². The monoisotopic (exact) mass is 305 g/mol. The van der Waals surface area contributed by atoms with E-state index in [4.69, 9.17) is 14.6 Å². The summed E-state index contributed by atoms with van der Waals surface area (Å²) in [4.78, 5) is 0. The van der Waals surface area contributed by atoms with Crippen molar-refractivity contribution in [3.05, 3.63) is 0 Å². The molecule has 0 bridgehead atoms. The van der Waals surface area contributed by atoms with Crippen molar-refractivity contribution < 1.29 is 9.31 Å². The highest BCUT2D eigenvalue weighted by molar-refractivity contribution is 6.47. The SMILES string of the molecule is CC1(C)OB(C(CCCCC#N)C2CCCCC2)OC1(C)C. The number of nitrogens with zero attached hydrogens (tertiary/aromatic N) is 1. The van der Waals surface area contributed by atoms with Gasteiger partial charge in [-0.3, -0.25) is 0 Å². The number of hydrogen-bond acceptors (Lipinski definition) is 3. The maximum atomic E-state index is 8.73. The molecule has 0 spiro atoms. The molecule has 4 heteroatoms. The lowest BCUT2D eigenvalue weighted by atomic mass is 9.59. The largest absolute Gasteiger partial charge is 0.461 e. The Morgan fingerprint density at radius 3 is 2.18 bits per heavy atom. The Morgan fingerprint density at radius 1 is 1.05 bits per heavy atom.